The Kier molecular flexibility index (Phi) is 4.53. The van der Waals surface area contributed by atoms with Crippen LogP contribution in [0.25, 0.3) is 0 Å². The largest absolute Gasteiger partial charge is 0.398 e. The molecule has 4 heteroatoms. The predicted octanol–water partition coefficient (Wildman–Crippen LogP) is 3.44. The molecule has 1 aliphatic heterocycles. The van der Waals surface area contributed by atoms with Gasteiger partial charge < -0.3 is 11.1 Å². The summed E-state index contributed by atoms with van der Waals surface area (Å²) in [4.78, 5) is 12.5. The van der Waals surface area contributed by atoms with E-state index >= 15 is 0 Å². The Morgan fingerprint density at radius 3 is 2.94 bits per heavy atom. The van der Waals surface area contributed by atoms with Gasteiger partial charge in [-0.2, -0.15) is 0 Å². The number of hydrogen-bond donors (Lipinski definition) is 2. The van der Waals surface area contributed by atoms with Crippen LogP contribution in [-0.4, -0.2) is 11.7 Å². The highest BCUT2D eigenvalue weighted by Gasteiger charge is 2.16. The number of carbonyl (C=O) groups is 1. The lowest BCUT2D eigenvalue weighted by Crippen LogP contribution is -2.19. The number of unbranched alkanes of at least 4 members (excludes halogenated alkanes) is 2. The number of nitrogen functional groups attached to an aromatic ring is 1. The first-order valence-electron chi connectivity index (χ1n) is 6.55. The van der Waals surface area contributed by atoms with E-state index in [9.17, 15) is 4.79 Å². The van der Waals surface area contributed by atoms with Gasteiger partial charge in [-0.25, -0.2) is 0 Å². The number of fused-ring (bicyclic) bond motifs is 1. The van der Waals surface area contributed by atoms with E-state index < -0.39 is 0 Å². The summed E-state index contributed by atoms with van der Waals surface area (Å²) >= 11 is 1.82. The van der Waals surface area contributed by atoms with Gasteiger partial charge in [0.1, 0.15) is 0 Å². The monoisotopic (exact) mass is 264 g/mol. The summed E-state index contributed by atoms with van der Waals surface area (Å²) < 4.78 is 0. The molecule has 0 bridgehead atoms. The Balaban J connectivity index is 2.05. The Hall–Kier alpha value is -1.16. The second kappa shape index (κ2) is 6.14. The SMILES string of the molecule is CCCCCSc1cc2c(cc1N)NC(=O)CC2. The summed E-state index contributed by atoms with van der Waals surface area (Å²) in [5, 5.41) is 2.88. The summed E-state index contributed by atoms with van der Waals surface area (Å²) in [5.74, 6) is 1.20. The highest BCUT2D eigenvalue weighted by molar-refractivity contribution is 7.99. The average molecular weight is 264 g/mol. The van der Waals surface area contributed by atoms with Crippen molar-refractivity contribution in [1.82, 2.24) is 0 Å². The zero-order valence-electron chi connectivity index (χ0n) is 10.8. The third kappa shape index (κ3) is 3.19. The van der Waals surface area contributed by atoms with Crippen molar-refractivity contribution in [2.75, 3.05) is 16.8 Å². The lowest BCUT2D eigenvalue weighted by molar-refractivity contribution is -0.116. The molecule has 0 atom stereocenters. The van der Waals surface area contributed by atoms with Crippen LogP contribution in [0.5, 0.6) is 0 Å². The predicted molar refractivity (Wildman–Crippen MR) is 78.1 cm³/mol. The number of thioether (sulfide) groups is 1. The van der Waals surface area contributed by atoms with E-state index in [1.165, 1.54) is 24.8 Å². The van der Waals surface area contributed by atoms with Gasteiger partial charge in [-0.05, 0) is 36.3 Å². The fourth-order valence-electron chi connectivity index (χ4n) is 2.08. The molecule has 1 aliphatic rings. The van der Waals surface area contributed by atoms with Crippen molar-refractivity contribution in [2.45, 2.75) is 43.9 Å². The molecule has 0 fully saturated rings. The first kappa shape index (κ1) is 13.3. The molecule has 2 rings (SSSR count). The molecule has 0 aliphatic carbocycles. The molecule has 3 N–H and O–H groups in total. The molecule has 0 aromatic heterocycles. The van der Waals surface area contributed by atoms with E-state index in [0.717, 1.165) is 28.4 Å². The highest BCUT2D eigenvalue weighted by Crippen LogP contribution is 2.33. The maximum atomic E-state index is 11.3. The van der Waals surface area contributed by atoms with Crippen LogP contribution in [0, 0.1) is 0 Å². The van der Waals surface area contributed by atoms with Gasteiger partial charge in [-0.3, -0.25) is 4.79 Å². The molecule has 0 saturated carbocycles. The minimum atomic E-state index is 0.0882. The molecule has 0 spiro atoms. The maximum absolute atomic E-state index is 11.3. The molecule has 18 heavy (non-hydrogen) atoms. The third-order valence-electron chi connectivity index (χ3n) is 3.14. The zero-order chi connectivity index (χ0) is 13.0. The van der Waals surface area contributed by atoms with E-state index in [-0.39, 0.29) is 5.91 Å². The fraction of sp³-hybridized carbons (Fsp3) is 0.500. The van der Waals surface area contributed by atoms with Crippen molar-refractivity contribution in [3.63, 3.8) is 0 Å². The first-order valence-corrected chi connectivity index (χ1v) is 7.54. The Morgan fingerprint density at radius 1 is 1.33 bits per heavy atom. The summed E-state index contributed by atoms with van der Waals surface area (Å²) in [6.45, 7) is 2.21. The fourth-order valence-corrected chi connectivity index (χ4v) is 3.10. The number of amides is 1. The molecule has 3 nitrogen and oxygen atoms in total. The lowest BCUT2D eigenvalue weighted by Gasteiger charge is -2.19. The van der Waals surface area contributed by atoms with Crippen LogP contribution >= 0.6 is 11.8 Å². The molecule has 1 aromatic rings. The molecule has 1 heterocycles. The second-order valence-electron chi connectivity index (χ2n) is 4.65. The lowest BCUT2D eigenvalue weighted by atomic mass is 10.0. The summed E-state index contributed by atoms with van der Waals surface area (Å²) in [6.07, 6.45) is 5.15. The minimum Gasteiger partial charge on any atom is -0.398 e. The van der Waals surface area contributed by atoms with Gasteiger partial charge in [0.05, 0.1) is 0 Å². The standard InChI is InChI=1S/C14H20N2OS/c1-2-3-4-7-18-13-8-10-5-6-14(17)16-12(10)9-11(13)15/h8-9H,2-7,15H2,1H3,(H,16,17). The molecule has 98 valence electrons. The van der Waals surface area contributed by atoms with Gasteiger partial charge in [0.15, 0.2) is 0 Å². The number of anilines is 2. The van der Waals surface area contributed by atoms with Crippen molar-refractivity contribution in [1.29, 1.82) is 0 Å². The van der Waals surface area contributed by atoms with E-state index in [2.05, 4.69) is 18.3 Å². The number of carbonyl (C=O) groups excluding carboxylic acids is 1. The normalized spacial score (nSPS) is 14.2. The van der Waals surface area contributed by atoms with Gasteiger partial charge in [-0.1, -0.05) is 19.8 Å². The number of benzene rings is 1. The zero-order valence-corrected chi connectivity index (χ0v) is 11.6. The molecule has 1 amide bonds. The quantitative estimate of drug-likeness (QED) is 0.486. The average Bonchev–Trinajstić information content (AvgIpc) is 2.35. The van der Waals surface area contributed by atoms with Crippen LogP contribution in [0.2, 0.25) is 0 Å². The van der Waals surface area contributed by atoms with Gasteiger partial charge >= 0.3 is 0 Å². The molecule has 0 unspecified atom stereocenters. The van der Waals surface area contributed by atoms with Crippen molar-refractivity contribution in [3.05, 3.63) is 17.7 Å². The van der Waals surface area contributed by atoms with E-state index in [4.69, 9.17) is 5.73 Å². The Labute approximate surface area is 113 Å². The first-order chi connectivity index (χ1) is 8.70. The van der Waals surface area contributed by atoms with Crippen molar-refractivity contribution in [2.24, 2.45) is 0 Å². The topological polar surface area (TPSA) is 55.1 Å². The third-order valence-corrected chi connectivity index (χ3v) is 4.29. The van der Waals surface area contributed by atoms with Crippen molar-refractivity contribution >= 4 is 29.0 Å². The Bertz CT molecular complexity index is 446. The minimum absolute atomic E-state index is 0.0882. The molecule has 1 aromatic carbocycles. The molecular weight excluding hydrogens is 244 g/mol. The van der Waals surface area contributed by atoms with Gasteiger partial charge in [0.2, 0.25) is 5.91 Å². The highest BCUT2D eigenvalue weighted by atomic mass is 32.2. The maximum Gasteiger partial charge on any atom is 0.224 e. The number of nitrogens with two attached hydrogens (primary N) is 1. The van der Waals surface area contributed by atoms with Crippen LogP contribution < -0.4 is 11.1 Å². The van der Waals surface area contributed by atoms with E-state index in [1.807, 2.05) is 17.8 Å². The number of rotatable bonds is 5. The summed E-state index contributed by atoms with van der Waals surface area (Å²) in [6, 6.07) is 4.04. The second-order valence-corrected chi connectivity index (χ2v) is 5.79. The number of nitrogens with one attached hydrogen (secondary N) is 1. The van der Waals surface area contributed by atoms with Gasteiger partial charge in [0, 0.05) is 22.7 Å². The molecule has 0 saturated heterocycles. The van der Waals surface area contributed by atoms with Crippen molar-refractivity contribution < 1.29 is 4.79 Å². The van der Waals surface area contributed by atoms with Crippen molar-refractivity contribution in [3.8, 4) is 0 Å². The van der Waals surface area contributed by atoms with Gasteiger partial charge in [-0.15, -0.1) is 11.8 Å². The van der Waals surface area contributed by atoms with E-state index in [1.54, 1.807) is 0 Å². The van der Waals surface area contributed by atoms with Crippen LogP contribution in [0.1, 0.15) is 38.2 Å². The summed E-state index contributed by atoms with van der Waals surface area (Å²) in [5.41, 5.74) is 8.91. The van der Waals surface area contributed by atoms with Gasteiger partial charge in [0.25, 0.3) is 0 Å². The molecule has 0 radical (unpaired) electrons. The number of aryl methyl sites for hydroxylation is 1. The van der Waals surface area contributed by atoms with Crippen LogP contribution in [-0.2, 0) is 11.2 Å². The van der Waals surface area contributed by atoms with Crippen LogP contribution in [0.3, 0.4) is 0 Å². The van der Waals surface area contributed by atoms with E-state index in [0.29, 0.717) is 6.42 Å². The molecular formula is C14H20N2OS. The van der Waals surface area contributed by atoms with Crippen LogP contribution in [0.4, 0.5) is 11.4 Å². The van der Waals surface area contributed by atoms with Crippen LogP contribution in [0.15, 0.2) is 17.0 Å². The smallest absolute Gasteiger partial charge is 0.224 e. The summed E-state index contributed by atoms with van der Waals surface area (Å²) in [7, 11) is 0. The number of hydrogen-bond acceptors (Lipinski definition) is 3. The Morgan fingerprint density at radius 2 is 2.17 bits per heavy atom.